The van der Waals surface area contributed by atoms with Gasteiger partial charge in [-0.1, -0.05) is 168 Å². The van der Waals surface area contributed by atoms with Crippen LogP contribution in [-0.4, -0.2) is 15.0 Å². The average molecular weight is 738 g/mol. The topological polar surface area (TPSA) is 51.8 Å². The highest BCUT2D eigenvalue weighted by atomic mass is 16.3. The number of rotatable bonds is 3. The maximum Gasteiger partial charge on any atom is 0.164 e. The molecule has 0 saturated heterocycles. The van der Waals surface area contributed by atoms with Gasteiger partial charge in [0.1, 0.15) is 11.2 Å². The van der Waals surface area contributed by atoms with E-state index in [0.29, 0.717) is 17.5 Å². The molecule has 4 nitrogen and oxygen atoms in total. The molecule has 4 aliphatic carbocycles. The summed E-state index contributed by atoms with van der Waals surface area (Å²) in [7, 11) is 0. The first-order valence-electron chi connectivity index (χ1n) is 20.3. The minimum Gasteiger partial charge on any atom is -0.456 e. The van der Waals surface area contributed by atoms with Gasteiger partial charge >= 0.3 is 0 Å². The van der Waals surface area contributed by atoms with Crippen molar-refractivity contribution in [3.05, 3.63) is 167 Å². The summed E-state index contributed by atoms with van der Waals surface area (Å²) in [6, 6.07) is 45.4. The van der Waals surface area contributed by atoms with E-state index in [4.69, 9.17) is 19.4 Å². The molecule has 276 valence electrons. The Balaban J connectivity index is 1.13. The summed E-state index contributed by atoms with van der Waals surface area (Å²) in [4.78, 5) is 16.0. The Kier molecular flexibility index (Phi) is 6.16. The van der Waals surface area contributed by atoms with Gasteiger partial charge in [-0.2, -0.15) is 0 Å². The highest BCUT2D eigenvalue weighted by Crippen LogP contribution is 2.88. The Labute approximate surface area is 333 Å². The number of nitrogens with zero attached hydrogens (tertiary/aromatic N) is 3. The lowest BCUT2D eigenvalue weighted by Gasteiger charge is -2.55. The zero-order chi connectivity index (χ0) is 38.7. The second kappa shape index (κ2) is 10.6. The van der Waals surface area contributed by atoms with Gasteiger partial charge in [0.25, 0.3) is 0 Å². The molecule has 8 aromatic rings. The van der Waals surface area contributed by atoms with Gasteiger partial charge in [0.15, 0.2) is 17.5 Å². The van der Waals surface area contributed by atoms with Gasteiger partial charge in [0.2, 0.25) is 0 Å². The fourth-order valence-corrected chi connectivity index (χ4v) is 12.0. The fraction of sp³-hybridized carbons (Fsp3) is 0.226. The van der Waals surface area contributed by atoms with Crippen molar-refractivity contribution >= 4 is 38.3 Å². The Morgan fingerprint density at radius 2 is 1.12 bits per heavy atom. The average Bonchev–Trinajstić information content (AvgIpc) is 3.77. The standard InChI is InChI=1S/C53H43N3O/c1-49(2)37-23-13-14-24-38(37)52-30-53(52)39(27-28-43(52)51(49,5)6)45-33-20-11-10-19-32(33)36(29-40(45)50(53,3)4)48-55-46(31-17-8-7-9-18-31)54-47(56-48)35-22-16-26-42-44(35)34-21-12-15-25-41(34)57-42/h7-29H,30H2,1-6H3. The van der Waals surface area contributed by atoms with Crippen molar-refractivity contribution < 1.29 is 4.42 Å². The Morgan fingerprint density at radius 3 is 1.91 bits per heavy atom. The SMILES string of the molecule is CC1(C)C2=CC=C3c4c(cc(-c5nc(-c6ccccc6)nc(-c6cccc7oc8ccccc8c67)n5)c5ccccc45)C(C)(C)C34CC24c2ccccc2C1(C)C. The maximum absolute atomic E-state index is 6.34. The molecule has 0 bridgehead atoms. The molecule has 2 heterocycles. The molecule has 1 saturated carbocycles. The lowest BCUT2D eigenvalue weighted by atomic mass is 9.48. The maximum atomic E-state index is 6.34. The van der Waals surface area contributed by atoms with Gasteiger partial charge < -0.3 is 4.42 Å². The van der Waals surface area contributed by atoms with Crippen LogP contribution in [0.25, 0.3) is 72.4 Å². The normalized spacial score (nSPS) is 22.9. The van der Waals surface area contributed by atoms with E-state index in [1.807, 2.05) is 42.5 Å². The van der Waals surface area contributed by atoms with Crippen molar-refractivity contribution in [2.75, 3.05) is 0 Å². The molecule has 0 aliphatic heterocycles. The third kappa shape index (κ3) is 3.82. The summed E-state index contributed by atoms with van der Waals surface area (Å²) < 4.78 is 6.34. The summed E-state index contributed by atoms with van der Waals surface area (Å²) in [5.74, 6) is 1.96. The van der Waals surface area contributed by atoms with E-state index in [1.165, 1.54) is 33.2 Å². The van der Waals surface area contributed by atoms with Crippen LogP contribution in [0.2, 0.25) is 0 Å². The highest BCUT2D eigenvalue weighted by Gasteiger charge is 2.83. The number of allylic oxidation sites excluding steroid dienone is 4. The quantitative estimate of drug-likeness (QED) is 0.181. The van der Waals surface area contributed by atoms with Crippen molar-refractivity contribution in [3.8, 4) is 34.2 Å². The summed E-state index contributed by atoms with van der Waals surface area (Å²) >= 11 is 0. The van der Waals surface area contributed by atoms with Gasteiger partial charge in [-0.3, -0.25) is 0 Å². The van der Waals surface area contributed by atoms with Crippen molar-refractivity contribution in [2.45, 2.75) is 64.2 Å². The number of furan rings is 1. The Bertz CT molecular complexity index is 3140. The van der Waals surface area contributed by atoms with E-state index in [2.05, 4.69) is 139 Å². The van der Waals surface area contributed by atoms with E-state index in [-0.39, 0.29) is 27.1 Å². The van der Waals surface area contributed by atoms with E-state index in [1.54, 1.807) is 5.57 Å². The van der Waals surface area contributed by atoms with Crippen LogP contribution >= 0.6 is 0 Å². The first kappa shape index (κ1) is 33.1. The molecule has 6 aromatic carbocycles. The molecule has 57 heavy (non-hydrogen) atoms. The minimum absolute atomic E-state index is 0.00874. The molecule has 2 atom stereocenters. The molecule has 0 radical (unpaired) electrons. The van der Waals surface area contributed by atoms with Crippen LogP contribution in [0.4, 0.5) is 0 Å². The van der Waals surface area contributed by atoms with E-state index in [0.717, 1.165) is 50.4 Å². The third-order valence-electron chi connectivity index (χ3n) is 15.4. The van der Waals surface area contributed by atoms with Gasteiger partial charge in [-0.25, -0.2) is 15.0 Å². The Hall–Kier alpha value is -6.13. The Morgan fingerprint density at radius 1 is 0.491 bits per heavy atom. The lowest BCUT2D eigenvalue weighted by molar-refractivity contribution is 0.197. The van der Waals surface area contributed by atoms with Crippen molar-refractivity contribution in [3.63, 3.8) is 0 Å². The number of fused-ring (bicyclic) bond motifs is 8. The predicted octanol–water partition coefficient (Wildman–Crippen LogP) is 13.2. The van der Waals surface area contributed by atoms with Crippen LogP contribution in [0.1, 0.15) is 70.2 Å². The van der Waals surface area contributed by atoms with Crippen molar-refractivity contribution in [1.82, 2.24) is 15.0 Å². The first-order chi connectivity index (χ1) is 27.5. The van der Waals surface area contributed by atoms with Crippen molar-refractivity contribution in [1.29, 1.82) is 0 Å². The molecule has 2 unspecified atom stereocenters. The molecular formula is C53H43N3O. The van der Waals surface area contributed by atoms with Crippen molar-refractivity contribution in [2.24, 2.45) is 10.8 Å². The fourth-order valence-electron chi connectivity index (χ4n) is 12.0. The molecule has 0 N–H and O–H groups in total. The minimum atomic E-state index is -0.184. The third-order valence-corrected chi connectivity index (χ3v) is 15.4. The van der Waals surface area contributed by atoms with E-state index >= 15 is 0 Å². The molecule has 12 rings (SSSR count). The van der Waals surface area contributed by atoms with Crippen LogP contribution < -0.4 is 0 Å². The van der Waals surface area contributed by atoms with Crippen LogP contribution in [0.5, 0.6) is 0 Å². The van der Waals surface area contributed by atoms with E-state index < -0.39 is 0 Å². The molecule has 0 amide bonds. The second-order valence-electron chi connectivity index (χ2n) is 18.4. The molecular weight excluding hydrogens is 695 g/mol. The molecule has 2 spiro atoms. The van der Waals surface area contributed by atoms with Gasteiger partial charge in [0.05, 0.1) is 0 Å². The summed E-state index contributed by atoms with van der Waals surface area (Å²) in [6.07, 6.45) is 6.14. The summed E-state index contributed by atoms with van der Waals surface area (Å²) in [6.45, 7) is 14.9. The number of hydrogen-bond donors (Lipinski definition) is 0. The second-order valence-corrected chi connectivity index (χ2v) is 18.4. The number of aromatic nitrogens is 3. The largest absolute Gasteiger partial charge is 0.456 e. The van der Waals surface area contributed by atoms with Crippen LogP contribution in [-0.2, 0) is 16.2 Å². The van der Waals surface area contributed by atoms with Crippen LogP contribution in [0, 0.1) is 10.8 Å². The molecule has 2 aromatic heterocycles. The van der Waals surface area contributed by atoms with Gasteiger partial charge in [0, 0.05) is 43.7 Å². The smallest absolute Gasteiger partial charge is 0.164 e. The van der Waals surface area contributed by atoms with E-state index in [9.17, 15) is 0 Å². The number of hydrogen-bond acceptors (Lipinski definition) is 4. The monoisotopic (exact) mass is 737 g/mol. The van der Waals surface area contributed by atoms with Crippen LogP contribution in [0.3, 0.4) is 0 Å². The molecule has 1 fully saturated rings. The lowest BCUT2D eigenvalue weighted by Crippen LogP contribution is -2.50. The zero-order valence-electron chi connectivity index (χ0n) is 33.2. The highest BCUT2D eigenvalue weighted by molar-refractivity contribution is 6.12. The number of para-hydroxylation sites is 1. The number of benzene rings is 6. The van der Waals surface area contributed by atoms with Crippen LogP contribution in [0.15, 0.2) is 150 Å². The summed E-state index contributed by atoms with van der Waals surface area (Å²) in [5.41, 5.74) is 13.1. The molecule has 4 heteroatoms. The van der Waals surface area contributed by atoms with Gasteiger partial charge in [-0.15, -0.1) is 0 Å². The first-order valence-corrected chi connectivity index (χ1v) is 20.3. The molecule has 4 aliphatic rings. The zero-order valence-corrected chi connectivity index (χ0v) is 33.2. The van der Waals surface area contributed by atoms with Gasteiger partial charge in [-0.05, 0) is 74.0 Å². The predicted molar refractivity (Wildman–Crippen MR) is 232 cm³/mol. The summed E-state index contributed by atoms with van der Waals surface area (Å²) in [5, 5.41) is 4.48.